The second-order valence-electron chi connectivity index (χ2n) is 4.79. The highest BCUT2D eigenvalue weighted by molar-refractivity contribution is 7.99. The molecule has 6 nitrogen and oxygen atoms in total. The quantitative estimate of drug-likeness (QED) is 0.659. The molecule has 0 atom stereocenters. The molecule has 10 heteroatoms. The molecule has 0 aliphatic carbocycles. The van der Waals surface area contributed by atoms with Crippen LogP contribution in [0.2, 0.25) is 0 Å². The number of thiophene rings is 1. The van der Waals surface area contributed by atoms with Crippen molar-refractivity contribution < 1.29 is 18.1 Å². The zero-order chi connectivity index (χ0) is 17.8. The lowest BCUT2D eigenvalue weighted by Crippen LogP contribution is -2.25. The third-order valence-electron chi connectivity index (χ3n) is 3.09. The summed E-state index contributed by atoms with van der Waals surface area (Å²) in [5.74, 6) is -3.42. The van der Waals surface area contributed by atoms with E-state index in [4.69, 9.17) is 0 Å². The third-order valence-corrected chi connectivity index (χ3v) is 4.68. The van der Waals surface area contributed by atoms with E-state index in [1.54, 1.807) is 12.1 Å². The molecule has 2 heterocycles. The average molecular weight is 383 g/mol. The zero-order valence-corrected chi connectivity index (χ0v) is 14.2. The minimum Gasteiger partial charge on any atom is -0.325 e. The van der Waals surface area contributed by atoms with Gasteiger partial charge >= 0.3 is 5.76 Å². The van der Waals surface area contributed by atoms with E-state index in [-0.39, 0.29) is 12.4 Å². The molecule has 0 fully saturated rings. The number of rotatable bonds is 6. The number of carbonyl (C=O) groups excluding carboxylic acids is 1. The topological polar surface area (TPSA) is 77.1 Å². The maximum absolute atomic E-state index is 12.3. The molecular weight excluding hydrogens is 372 g/mol. The van der Waals surface area contributed by atoms with Gasteiger partial charge in [-0.3, -0.25) is 9.32 Å². The Labute approximate surface area is 148 Å². The Bertz CT molecular complexity index is 905. The fraction of sp³-hybridized carbons (Fsp3) is 0.133. The highest BCUT2D eigenvalue weighted by Gasteiger charge is 2.16. The number of amides is 1. The molecule has 1 N–H and O–H groups in total. The normalized spacial score (nSPS) is 11.0. The van der Waals surface area contributed by atoms with Crippen LogP contribution in [0.15, 0.2) is 56.0 Å². The number of anilines is 1. The summed E-state index contributed by atoms with van der Waals surface area (Å²) in [7, 11) is 0. The monoisotopic (exact) mass is 383 g/mol. The van der Waals surface area contributed by atoms with Crippen LogP contribution in [0.3, 0.4) is 0 Å². The summed E-state index contributed by atoms with van der Waals surface area (Å²) in [5.41, 5.74) is 0.436. The first kappa shape index (κ1) is 17.4. The van der Waals surface area contributed by atoms with Crippen molar-refractivity contribution in [3.05, 3.63) is 52.3 Å². The van der Waals surface area contributed by atoms with Gasteiger partial charge in [0.25, 0.3) is 5.76 Å². The van der Waals surface area contributed by atoms with E-state index >= 15 is 0 Å². The molecule has 130 valence electrons. The molecule has 0 spiro atoms. The van der Waals surface area contributed by atoms with Crippen LogP contribution < -0.4 is 11.1 Å². The van der Waals surface area contributed by atoms with E-state index in [0.717, 1.165) is 4.57 Å². The maximum atomic E-state index is 12.3. The van der Waals surface area contributed by atoms with Crippen molar-refractivity contribution in [2.45, 2.75) is 17.2 Å². The third kappa shape index (κ3) is 4.34. The highest BCUT2D eigenvalue weighted by atomic mass is 32.2. The number of nitrogens with one attached hydrogen (secondary N) is 1. The van der Waals surface area contributed by atoms with Crippen LogP contribution in [0.1, 0.15) is 0 Å². The summed E-state index contributed by atoms with van der Waals surface area (Å²) in [5, 5.41) is 8.11. The number of halogens is 2. The fourth-order valence-electron chi connectivity index (χ4n) is 2.05. The number of benzene rings is 1. The number of nitrogens with zero attached hydrogens (tertiary/aromatic N) is 2. The van der Waals surface area contributed by atoms with E-state index in [1.807, 2.05) is 5.38 Å². The lowest BCUT2D eigenvalue weighted by molar-refractivity contribution is -0.116. The Morgan fingerprint density at radius 3 is 2.72 bits per heavy atom. The molecule has 3 aromatic rings. The van der Waals surface area contributed by atoms with Crippen LogP contribution in [-0.2, 0) is 11.3 Å². The van der Waals surface area contributed by atoms with Crippen LogP contribution >= 0.6 is 23.1 Å². The Morgan fingerprint density at radius 1 is 1.32 bits per heavy atom. The van der Waals surface area contributed by atoms with Gasteiger partial charge in [-0.05, 0) is 35.7 Å². The van der Waals surface area contributed by atoms with Crippen molar-refractivity contribution in [2.24, 2.45) is 0 Å². The van der Waals surface area contributed by atoms with E-state index in [2.05, 4.69) is 15.0 Å². The van der Waals surface area contributed by atoms with Gasteiger partial charge in [0.1, 0.15) is 6.54 Å². The van der Waals surface area contributed by atoms with Gasteiger partial charge in [0.15, 0.2) is 5.82 Å². The highest BCUT2D eigenvalue weighted by Crippen LogP contribution is 2.26. The van der Waals surface area contributed by atoms with Crippen molar-refractivity contribution in [3.8, 4) is 10.7 Å². The van der Waals surface area contributed by atoms with Crippen LogP contribution in [0.25, 0.3) is 10.7 Å². The molecule has 0 saturated heterocycles. The largest absolute Gasteiger partial charge is 0.442 e. The summed E-state index contributed by atoms with van der Waals surface area (Å²) in [4.78, 5) is 25.0. The smallest absolute Gasteiger partial charge is 0.325 e. The van der Waals surface area contributed by atoms with Crippen molar-refractivity contribution >= 4 is 34.7 Å². The Morgan fingerprint density at radius 2 is 2.08 bits per heavy atom. The number of thioether (sulfide) groups is 1. The second kappa shape index (κ2) is 7.62. The van der Waals surface area contributed by atoms with Gasteiger partial charge in [-0.15, -0.1) is 11.3 Å². The molecule has 1 aromatic carbocycles. The summed E-state index contributed by atoms with van der Waals surface area (Å²) in [6.45, 7) is -0.275. The summed E-state index contributed by atoms with van der Waals surface area (Å²) >= 11 is 1.78. The van der Waals surface area contributed by atoms with Crippen molar-refractivity contribution in [2.75, 3.05) is 5.32 Å². The lowest BCUT2D eigenvalue weighted by atomic mass is 10.3. The average Bonchev–Trinajstić information content (AvgIpc) is 3.20. The molecule has 25 heavy (non-hydrogen) atoms. The Hall–Kier alpha value is -2.46. The number of alkyl halides is 2. The molecule has 1 amide bonds. The predicted molar refractivity (Wildman–Crippen MR) is 91.0 cm³/mol. The molecule has 0 aliphatic heterocycles. The first-order chi connectivity index (χ1) is 12.0. The van der Waals surface area contributed by atoms with Crippen molar-refractivity contribution in [3.63, 3.8) is 0 Å². The SMILES string of the molecule is O=C(Cn1c(-c2cccs2)noc1=O)Nc1ccc(SC(F)F)cc1. The van der Waals surface area contributed by atoms with E-state index in [0.29, 0.717) is 27.2 Å². The minimum atomic E-state index is -2.50. The Kier molecular flexibility index (Phi) is 5.29. The first-order valence-corrected chi connectivity index (χ1v) is 8.74. The standard InChI is InChI=1S/C15H11F2N3O3S2/c16-14(17)25-10-5-3-9(4-6-10)18-12(21)8-20-13(19-23-15(20)22)11-2-1-7-24-11/h1-7,14H,8H2,(H,18,21). The lowest BCUT2D eigenvalue weighted by Gasteiger charge is -2.07. The first-order valence-electron chi connectivity index (χ1n) is 6.98. The summed E-state index contributed by atoms with van der Waals surface area (Å²) < 4.78 is 30.3. The fourth-order valence-corrected chi connectivity index (χ4v) is 3.27. The second-order valence-corrected chi connectivity index (χ2v) is 6.80. The maximum Gasteiger partial charge on any atom is 0.442 e. The van der Waals surface area contributed by atoms with Gasteiger partial charge in [0, 0.05) is 10.6 Å². The minimum absolute atomic E-state index is 0.275. The van der Waals surface area contributed by atoms with E-state index in [9.17, 15) is 18.4 Å². The van der Waals surface area contributed by atoms with Crippen LogP contribution in [0, 0.1) is 0 Å². The number of hydrogen-bond donors (Lipinski definition) is 1. The number of aromatic nitrogens is 2. The zero-order valence-electron chi connectivity index (χ0n) is 12.5. The molecule has 0 saturated carbocycles. The molecule has 2 aromatic heterocycles. The van der Waals surface area contributed by atoms with Gasteiger partial charge in [0.05, 0.1) is 4.88 Å². The molecule has 0 bridgehead atoms. The summed E-state index contributed by atoms with van der Waals surface area (Å²) in [6.07, 6.45) is 0. The van der Waals surface area contributed by atoms with Crippen molar-refractivity contribution in [1.82, 2.24) is 9.72 Å². The summed E-state index contributed by atoms with van der Waals surface area (Å²) in [6, 6.07) is 9.54. The van der Waals surface area contributed by atoms with Gasteiger partial charge in [-0.2, -0.15) is 8.78 Å². The van der Waals surface area contributed by atoms with E-state index < -0.39 is 17.4 Å². The van der Waals surface area contributed by atoms with Crippen LogP contribution in [0.5, 0.6) is 0 Å². The van der Waals surface area contributed by atoms with E-state index in [1.165, 1.54) is 35.6 Å². The Balaban J connectivity index is 1.69. The van der Waals surface area contributed by atoms with Gasteiger partial charge in [0.2, 0.25) is 5.91 Å². The molecule has 0 unspecified atom stereocenters. The van der Waals surface area contributed by atoms with Gasteiger partial charge in [-0.25, -0.2) is 9.36 Å². The van der Waals surface area contributed by atoms with Crippen LogP contribution in [-0.4, -0.2) is 21.4 Å². The number of hydrogen-bond acceptors (Lipinski definition) is 6. The van der Waals surface area contributed by atoms with Gasteiger partial charge < -0.3 is 5.32 Å². The van der Waals surface area contributed by atoms with Gasteiger partial charge in [-0.1, -0.05) is 23.0 Å². The molecule has 0 aliphatic rings. The molecule has 3 rings (SSSR count). The van der Waals surface area contributed by atoms with Crippen molar-refractivity contribution in [1.29, 1.82) is 0 Å². The molecular formula is C15H11F2N3O3S2. The number of carbonyl (C=O) groups is 1. The molecule has 0 radical (unpaired) electrons. The predicted octanol–water partition coefficient (Wildman–Crippen LogP) is 3.52. The van der Waals surface area contributed by atoms with Crippen LogP contribution in [0.4, 0.5) is 14.5 Å².